The second-order valence-corrected chi connectivity index (χ2v) is 14.3. The van der Waals surface area contributed by atoms with E-state index >= 15 is 0 Å². The molecule has 3 heterocycles. The van der Waals surface area contributed by atoms with E-state index < -0.39 is 79.0 Å². The summed E-state index contributed by atoms with van der Waals surface area (Å²) in [5.74, 6) is -6.69. The Morgan fingerprint density at radius 2 is 1.77 bits per heavy atom. The van der Waals surface area contributed by atoms with Crippen molar-refractivity contribution in [2.24, 2.45) is 22.1 Å². The van der Waals surface area contributed by atoms with Crippen molar-refractivity contribution in [3.05, 3.63) is 83.2 Å². The summed E-state index contributed by atoms with van der Waals surface area (Å²) in [6.45, 7) is 2.27. The number of nitrogens with zero attached hydrogens (tertiary/aromatic N) is 7. The van der Waals surface area contributed by atoms with Crippen molar-refractivity contribution in [2.75, 3.05) is 6.61 Å². The normalized spacial score (nSPS) is 20.5. The predicted octanol–water partition coefficient (Wildman–Crippen LogP) is 7.24. The quantitative estimate of drug-likeness (QED) is 0.119. The van der Waals surface area contributed by atoms with Crippen LogP contribution >= 0.6 is 11.6 Å². The highest BCUT2D eigenvalue weighted by Gasteiger charge is 2.58. The number of halogens is 7. The van der Waals surface area contributed by atoms with Gasteiger partial charge in [0.05, 0.1) is 29.4 Å². The van der Waals surface area contributed by atoms with E-state index in [1.807, 2.05) is 20.8 Å². The molecule has 3 atom stereocenters. The van der Waals surface area contributed by atoms with Crippen LogP contribution in [0.1, 0.15) is 76.0 Å². The summed E-state index contributed by atoms with van der Waals surface area (Å²) < 4.78 is 87.9. The Balaban J connectivity index is 1.39. The average molecular weight is 751 g/mol. The zero-order valence-electron chi connectivity index (χ0n) is 28.0. The molecule has 0 bridgehead atoms. The molecule has 0 spiro atoms. The van der Waals surface area contributed by atoms with Crippen molar-refractivity contribution in [3.63, 3.8) is 0 Å². The lowest BCUT2D eigenvalue weighted by molar-refractivity contribution is -0.148. The van der Waals surface area contributed by atoms with Crippen molar-refractivity contribution in [2.45, 2.75) is 70.5 Å². The van der Waals surface area contributed by atoms with Crippen molar-refractivity contribution in [1.29, 1.82) is 0 Å². The standard InChI is InChI=1S/C34H33ClF6N8O3/c1-32(2,3)16-33(21-7-4-18(5-8-21)20-13-44-47(14-20)30(38)39)29(51)48(31(42)46-33)25(15-52-26(50)11-22-12-34(22,40)41)19-6-9-23(35)24(10-19)49-28(27(36)37)43-17-45-49/h4-10,13-14,17,22,25,27,30H,11-12,15-16H2,1-3H3,(H2,42,46)/t22?,25-,33-/m1/s1. The Morgan fingerprint density at radius 3 is 2.37 bits per heavy atom. The van der Waals surface area contributed by atoms with Crippen molar-refractivity contribution >= 4 is 29.4 Å². The van der Waals surface area contributed by atoms with E-state index in [0.29, 0.717) is 21.4 Å². The highest BCUT2D eigenvalue weighted by atomic mass is 35.5. The average Bonchev–Trinajstić information content (AvgIpc) is 3.53. The van der Waals surface area contributed by atoms with Gasteiger partial charge in [0.15, 0.2) is 17.3 Å². The Bertz CT molecular complexity index is 2010. The van der Waals surface area contributed by atoms with Gasteiger partial charge in [-0.1, -0.05) is 62.7 Å². The first-order valence-corrected chi connectivity index (χ1v) is 16.4. The maximum absolute atomic E-state index is 14.8. The fourth-order valence-electron chi connectivity index (χ4n) is 6.33. The number of ether oxygens (including phenoxy) is 1. The lowest BCUT2D eigenvalue weighted by Gasteiger charge is -2.35. The van der Waals surface area contributed by atoms with Crippen molar-refractivity contribution in [1.82, 2.24) is 29.4 Å². The number of rotatable bonds is 12. The van der Waals surface area contributed by atoms with Crippen LogP contribution < -0.4 is 5.73 Å². The van der Waals surface area contributed by atoms with Crippen LogP contribution in [0.2, 0.25) is 5.02 Å². The number of carbonyl (C=O) groups is 2. The lowest BCUT2D eigenvalue weighted by atomic mass is 9.75. The molecule has 52 heavy (non-hydrogen) atoms. The molecule has 4 aromatic rings. The van der Waals surface area contributed by atoms with E-state index in [-0.39, 0.29) is 28.7 Å². The summed E-state index contributed by atoms with van der Waals surface area (Å²) in [5, 5.41) is 7.55. The van der Waals surface area contributed by atoms with E-state index in [1.54, 1.807) is 24.3 Å². The number of carbonyl (C=O) groups excluding carboxylic acids is 2. The fourth-order valence-corrected chi connectivity index (χ4v) is 6.53. The minimum Gasteiger partial charge on any atom is -0.463 e. The molecule has 1 unspecified atom stereocenters. The van der Waals surface area contributed by atoms with Gasteiger partial charge in [-0.15, -0.1) is 0 Å². The van der Waals surface area contributed by atoms with E-state index in [9.17, 15) is 35.9 Å². The monoisotopic (exact) mass is 750 g/mol. The van der Waals surface area contributed by atoms with E-state index in [2.05, 4.69) is 15.2 Å². The van der Waals surface area contributed by atoms with Crippen LogP contribution in [-0.2, 0) is 19.9 Å². The molecule has 0 saturated heterocycles. The largest absolute Gasteiger partial charge is 0.463 e. The van der Waals surface area contributed by atoms with Gasteiger partial charge in [0.1, 0.15) is 12.9 Å². The first-order chi connectivity index (χ1) is 24.4. The lowest BCUT2D eigenvalue weighted by Crippen LogP contribution is -2.47. The number of aliphatic imine (C=N–C) groups is 1. The summed E-state index contributed by atoms with van der Waals surface area (Å²) in [4.78, 5) is 37.0. The SMILES string of the molecule is CC(C)(C)C[C@]1(c2ccc(-c3cnn(C(F)F)c3)cc2)N=C(N)N([C@H](COC(=O)CC2CC2(F)F)c2ccc(Cl)c(-n3ncnc3C(F)F)c2)C1=O. The molecule has 2 aromatic carbocycles. The van der Waals surface area contributed by atoms with Gasteiger partial charge >= 0.3 is 12.5 Å². The number of hydrogen-bond acceptors (Lipinski definition) is 8. The van der Waals surface area contributed by atoms with Gasteiger partial charge < -0.3 is 10.5 Å². The molecule has 1 amide bonds. The van der Waals surface area contributed by atoms with E-state index in [1.165, 1.54) is 30.6 Å². The zero-order chi connectivity index (χ0) is 37.7. The Kier molecular flexibility index (Phi) is 9.61. The van der Waals surface area contributed by atoms with Gasteiger partial charge in [-0.2, -0.15) is 19.0 Å². The molecule has 2 aromatic heterocycles. The Labute approximate surface area is 298 Å². The molecule has 1 saturated carbocycles. The molecule has 1 aliphatic heterocycles. The first-order valence-electron chi connectivity index (χ1n) is 16.0. The third kappa shape index (κ3) is 7.22. The van der Waals surface area contributed by atoms with Crippen molar-refractivity contribution in [3.8, 4) is 16.8 Å². The molecule has 1 aliphatic carbocycles. The van der Waals surface area contributed by atoms with Crippen LogP contribution in [0.15, 0.2) is 66.2 Å². The summed E-state index contributed by atoms with van der Waals surface area (Å²) in [5.41, 5.74) is 5.91. The second-order valence-electron chi connectivity index (χ2n) is 13.9. The zero-order valence-corrected chi connectivity index (χ0v) is 28.7. The molecule has 0 radical (unpaired) electrons. The van der Waals surface area contributed by atoms with Crippen LogP contribution in [0.25, 0.3) is 16.8 Å². The maximum Gasteiger partial charge on any atom is 0.333 e. The van der Waals surface area contributed by atoms with Gasteiger partial charge in [-0.05, 0) is 40.7 Å². The topological polar surface area (TPSA) is 134 Å². The molecule has 11 nitrogen and oxygen atoms in total. The summed E-state index contributed by atoms with van der Waals surface area (Å²) in [6, 6.07) is 9.47. The summed E-state index contributed by atoms with van der Waals surface area (Å²) >= 11 is 6.42. The number of alkyl halides is 6. The van der Waals surface area contributed by atoms with Gasteiger partial charge in [0.2, 0.25) is 0 Å². The number of nitrogens with two attached hydrogens (primary N) is 1. The predicted molar refractivity (Wildman–Crippen MR) is 176 cm³/mol. The third-order valence-electron chi connectivity index (χ3n) is 8.84. The summed E-state index contributed by atoms with van der Waals surface area (Å²) in [6.07, 6.45) is -0.519. The third-order valence-corrected chi connectivity index (χ3v) is 9.16. The van der Waals surface area contributed by atoms with Crippen LogP contribution in [0, 0.1) is 11.3 Å². The number of aromatic nitrogens is 5. The Morgan fingerprint density at radius 1 is 1.08 bits per heavy atom. The second kappa shape index (κ2) is 13.6. The van der Waals surface area contributed by atoms with Gasteiger partial charge in [0.25, 0.3) is 18.3 Å². The minimum atomic E-state index is -3.02. The number of hydrogen-bond donors (Lipinski definition) is 1. The van der Waals surface area contributed by atoms with E-state index in [0.717, 1.165) is 15.9 Å². The highest BCUT2D eigenvalue weighted by molar-refractivity contribution is 6.32. The van der Waals surface area contributed by atoms with Crippen LogP contribution in [0.5, 0.6) is 0 Å². The van der Waals surface area contributed by atoms with Crippen LogP contribution in [-0.4, -0.2) is 59.8 Å². The van der Waals surface area contributed by atoms with Crippen molar-refractivity contribution < 1.29 is 40.7 Å². The number of benzene rings is 2. The molecule has 2 N–H and O–H groups in total. The molecule has 2 aliphatic rings. The molecule has 276 valence electrons. The van der Waals surface area contributed by atoms with Crippen LogP contribution in [0.3, 0.4) is 0 Å². The molecule has 6 rings (SSSR count). The van der Waals surface area contributed by atoms with Gasteiger partial charge in [0, 0.05) is 24.1 Å². The molecule has 1 fully saturated rings. The summed E-state index contributed by atoms with van der Waals surface area (Å²) in [7, 11) is 0. The smallest absolute Gasteiger partial charge is 0.333 e. The van der Waals surface area contributed by atoms with Gasteiger partial charge in [-0.25, -0.2) is 36.9 Å². The minimum absolute atomic E-state index is 0.00138. The molecular weight excluding hydrogens is 718 g/mol. The van der Waals surface area contributed by atoms with E-state index in [4.69, 9.17) is 27.1 Å². The number of guanidine groups is 1. The molecular formula is C34H33ClF6N8O3. The highest BCUT2D eigenvalue weighted by Crippen LogP contribution is 2.51. The van der Waals surface area contributed by atoms with Crippen LogP contribution in [0.4, 0.5) is 26.3 Å². The number of amides is 1. The number of esters is 1. The molecule has 18 heteroatoms. The van der Waals surface area contributed by atoms with Gasteiger partial charge in [-0.3, -0.25) is 14.5 Å². The fraction of sp³-hybridized carbons (Fsp3) is 0.412. The Hall–Kier alpha value is -4.93. The first kappa shape index (κ1) is 36.8. The maximum atomic E-state index is 14.8.